The lowest BCUT2D eigenvalue weighted by atomic mass is 10.3. The van der Waals surface area contributed by atoms with Gasteiger partial charge in [-0.15, -0.1) is 0 Å². The van der Waals surface area contributed by atoms with Crippen LogP contribution in [-0.2, 0) is 13.2 Å². The second-order valence-corrected chi connectivity index (χ2v) is 3.17. The summed E-state index contributed by atoms with van der Waals surface area (Å²) < 4.78 is 35.6. The number of nitrogens with two attached hydrogens (primary N) is 1. The minimum Gasteiger partial charge on any atom is -0.482 e. The predicted octanol–water partition coefficient (Wildman–Crippen LogP) is 1.39. The van der Waals surface area contributed by atoms with Gasteiger partial charge in [-0.3, -0.25) is 0 Å². The number of hydrogen-bond donors (Lipinski definition) is 1. The maximum absolute atomic E-state index is 13.2. The molecule has 0 atom stereocenters. The van der Waals surface area contributed by atoms with Crippen molar-refractivity contribution < 1.29 is 18.0 Å². The topological polar surface area (TPSA) is 74.2 Å². The van der Waals surface area contributed by atoms with Gasteiger partial charge in [0.15, 0.2) is 18.2 Å². The molecule has 0 unspecified atom stereocenters. The molecule has 2 aromatic rings. The highest BCUT2D eigenvalue weighted by Crippen LogP contribution is 2.18. The summed E-state index contributed by atoms with van der Waals surface area (Å²) in [6, 6.07) is 3.02. The first kappa shape index (κ1) is 11.5. The van der Waals surface area contributed by atoms with Crippen molar-refractivity contribution >= 4 is 0 Å². The molecule has 0 amide bonds. The van der Waals surface area contributed by atoms with E-state index in [1.165, 1.54) is 6.07 Å². The van der Waals surface area contributed by atoms with Gasteiger partial charge in [-0.25, -0.2) is 8.78 Å². The number of ether oxygens (including phenoxy) is 1. The van der Waals surface area contributed by atoms with E-state index in [1.54, 1.807) is 0 Å². The van der Waals surface area contributed by atoms with Gasteiger partial charge in [0, 0.05) is 6.07 Å². The smallest absolute Gasteiger partial charge is 0.240 e. The number of nitrogens with zero attached hydrogens (tertiary/aromatic N) is 2. The Morgan fingerprint density at radius 2 is 2.18 bits per heavy atom. The van der Waals surface area contributed by atoms with Crippen molar-refractivity contribution in [3.8, 4) is 5.75 Å². The molecule has 1 aromatic heterocycles. The number of benzene rings is 1. The van der Waals surface area contributed by atoms with Crippen molar-refractivity contribution in [2.75, 3.05) is 0 Å². The van der Waals surface area contributed by atoms with Crippen molar-refractivity contribution in [1.82, 2.24) is 10.1 Å². The Labute approximate surface area is 95.2 Å². The van der Waals surface area contributed by atoms with Crippen LogP contribution < -0.4 is 10.5 Å². The number of aromatic nitrogens is 2. The lowest BCUT2D eigenvalue weighted by Gasteiger charge is -2.03. The zero-order valence-electron chi connectivity index (χ0n) is 8.69. The predicted molar refractivity (Wildman–Crippen MR) is 52.9 cm³/mol. The maximum atomic E-state index is 13.2. The number of halogens is 2. The molecule has 0 aliphatic heterocycles. The van der Waals surface area contributed by atoms with Crippen LogP contribution in [0, 0.1) is 11.6 Å². The molecule has 0 spiro atoms. The highest BCUT2D eigenvalue weighted by Gasteiger charge is 2.08. The third-order valence-electron chi connectivity index (χ3n) is 1.94. The van der Waals surface area contributed by atoms with Crippen molar-refractivity contribution in [2.45, 2.75) is 13.2 Å². The Balaban J connectivity index is 2.02. The zero-order chi connectivity index (χ0) is 12.3. The largest absolute Gasteiger partial charge is 0.482 e. The van der Waals surface area contributed by atoms with Gasteiger partial charge in [-0.1, -0.05) is 5.16 Å². The van der Waals surface area contributed by atoms with E-state index in [9.17, 15) is 8.78 Å². The minimum absolute atomic E-state index is 0.0773. The normalized spacial score (nSPS) is 10.5. The summed E-state index contributed by atoms with van der Waals surface area (Å²) in [6.45, 7) is 0.0456. The van der Waals surface area contributed by atoms with Crippen LogP contribution in [0.15, 0.2) is 22.7 Å². The van der Waals surface area contributed by atoms with Gasteiger partial charge in [-0.2, -0.15) is 4.98 Å². The van der Waals surface area contributed by atoms with E-state index in [0.717, 1.165) is 12.1 Å². The Hall–Kier alpha value is -2.02. The number of rotatable bonds is 4. The third-order valence-corrected chi connectivity index (χ3v) is 1.94. The molecule has 0 radical (unpaired) electrons. The monoisotopic (exact) mass is 241 g/mol. The van der Waals surface area contributed by atoms with Crippen molar-refractivity contribution in [2.24, 2.45) is 5.73 Å². The van der Waals surface area contributed by atoms with Crippen LogP contribution in [0.3, 0.4) is 0 Å². The molecule has 0 aliphatic rings. The van der Waals surface area contributed by atoms with Crippen LogP contribution in [0.4, 0.5) is 8.78 Å². The molecule has 5 nitrogen and oxygen atoms in total. The van der Waals surface area contributed by atoms with E-state index in [0.29, 0.717) is 0 Å². The van der Waals surface area contributed by atoms with E-state index in [1.807, 2.05) is 0 Å². The molecule has 0 saturated heterocycles. The average Bonchev–Trinajstić information content (AvgIpc) is 2.76. The summed E-state index contributed by atoms with van der Waals surface area (Å²) in [4.78, 5) is 3.87. The standard InChI is InChI=1S/C10H9F2N3O2/c11-6-1-2-8(7(12)3-6)16-5-9-14-10(4-13)17-15-9/h1-3H,4-5,13H2. The fraction of sp³-hybridized carbons (Fsp3) is 0.200. The van der Waals surface area contributed by atoms with Gasteiger partial charge in [0.1, 0.15) is 5.82 Å². The number of hydrogen-bond acceptors (Lipinski definition) is 5. The molecule has 0 bridgehead atoms. The van der Waals surface area contributed by atoms with Gasteiger partial charge in [-0.05, 0) is 12.1 Å². The second kappa shape index (κ2) is 4.88. The maximum Gasteiger partial charge on any atom is 0.240 e. The highest BCUT2D eigenvalue weighted by atomic mass is 19.1. The molecule has 90 valence electrons. The molecule has 7 heteroatoms. The molecule has 2 rings (SSSR count). The SMILES string of the molecule is NCc1nc(COc2ccc(F)cc2F)no1. The molecular weight excluding hydrogens is 232 g/mol. The fourth-order valence-corrected chi connectivity index (χ4v) is 1.17. The summed E-state index contributed by atoms with van der Waals surface area (Å²) in [7, 11) is 0. The lowest BCUT2D eigenvalue weighted by Crippen LogP contribution is -2.01. The molecular formula is C10H9F2N3O2. The summed E-state index contributed by atoms with van der Waals surface area (Å²) >= 11 is 0. The summed E-state index contributed by atoms with van der Waals surface area (Å²) in [5, 5.41) is 3.56. The molecule has 0 aliphatic carbocycles. The van der Waals surface area contributed by atoms with Crippen molar-refractivity contribution in [1.29, 1.82) is 0 Å². The summed E-state index contributed by atoms with van der Waals surface area (Å²) in [6.07, 6.45) is 0. The van der Waals surface area contributed by atoms with Gasteiger partial charge in [0.05, 0.1) is 6.54 Å². The summed E-state index contributed by atoms with van der Waals surface area (Å²) in [5.41, 5.74) is 5.27. The molecule has 1 aromatic carbocycles. The molecule has 1 heterocycles. The molecule has 0 fully saturated rings. The van der Waals surface area contributed by atoms with Crippen LogP contribution in [-0.4, -0.2) is 10.1 Å². The molecule has 17 heavy (non-hydrogen) atoms. The van der Waals surface area contributed by atoms with E-state index in [2.05, 4.69) is 10.1 Å². The van der Waals surface area contributed by atoms with Crippen LogP contribution >= 0.6 is 0 Å². The van der Waals surface area contributed by atoms with E-state index >= 15 is 0 Å². The van der Waals surface area contributed by atoms with E-state index in [-0.39, 0.29) is 30.6 Å². The first-order chi connectivity index (χ1) is 8.19. The fourth-order valence-electron chi connectivity index (χ4n) is 1.17. The molecule has 0 saturated carbocycles. The van der Waals surface area contributed by atoms with Crippen LogP contribution in [0.2, 0.25) is 0 Å². The van der Waals surface area contributed by atoms with E-state index in [4.69, 9.17) is 15.0 Å². The third kappa shape index (κ3) is 2.76. The molecule has 2 N–H and O–H groups in total. The van der Waals surface area contributed by atoms with Crippen molar-refractivity contribution in [3.63, 3.8) is 0 Å². The average molecular weight is 241 g/mol. The Kier molecular flexibility index (Phi) is 3.29. The zero-order valence-corrected chi connectivity index (χ0v) is 8.69. The highest BCUT2D eigenvalue weighted by molar-refractivity contribution is 5.24. The van der Waals surface area contributed by atoms with Gasteiger partial charge in [0.2, 0.25) is 11.7 Å². The Morgan fingerprint density at radius 3 is 2.82 bits per heavy atom. The van der Waals surface area contributed by atoms with Crippen LogP contribution in [0.1, 0.15) is 11.7 Å². The van der Waals surface area contributed by atoms with E-state index < -0.39 is 11.6 Å². The van der Waals surface area contributed by atoms with Crippen LogP contribution in [0.25, 0.3) is 0 Å². The van der Waals surface area contributed by atoms with Crippen molar-refractivity contribution in [3.05, 3.63) is 41.5 Å². The Bertz CT molecular complexity index is 516. The van der Waals surface area contributed by atoms with Gasteiger partial charge in [0.25, 0.3) is 0 Å². The first-order valence-corrected chi connectivity index (χ1v) is 4.78. The minimum atomic E-state index is -0.785. The van der Waals surface area contributed by atoms with Crippen LogP contribution in [0.5, 0.6) is 5.75 Å². The lowest BCUT2D eigenvalue weighted by molar-refractivity contribution is 0.272. The van der Waals surface area contributed by atoms with Gasteiger partial charge < -0.3 is 15.0 Å². The Morgan fingerprint density at radius 1 is 1.35 bits per heavy atom. The second-order valence-electron chi connectivity index (χ2n) is 3.17. The summed E-state index contributed by atoms with van der Waals surface area (Å²) in [5.74, 6) is -1.02. The van der Waals surface area contributed by atoms with Gasteiger partial charge >= 0.3 is 0 Å². The first-order valence-electron chi connectivity index (χ1n) is 4.78. The quantitative estimate of drug-likeness (QED) is 0.875.